The molecule has 5 nitrogen and oxygen atoms in total. The molecule has 0 unspecified atom stereocenters. The molecule has 3 N–H and O–H groups in total. The van der Waals surface area contributed by atoms with Crippen molar-refractivity contribution in [2.75, 3.05) is 0 Å². The van der Waals surface area contributed by atoms with Crippen LogP contribution in [0.1, 0.15) is 45.4 Å². The van der Waals surface area contributed by atoms with Crippen LogP contribution in [0.3, 0.4) is 0 Å². The molecule has 0 aromatic carbocycles. The Morgan fingerprint density at radius 1 is 1.18 bits per heavy atom. The standard InChI is InChI=1S/C12H20N2O3/c1-8-2-4-9(5-3-8)13-11(17)14-12(6-7-12)10(15)16/h8-9H,2-7H2,1H3,(H,15,16)(H2,13,14,17). The van der Waals surface area contributed by atoms with Gasteiger partial charge < -0.3 is 15.7 Å². The number of carbonyl (C=O) groups is 2. The monoisotopic (exact) mass is 240 g/mol. The molecule has 0 bridgehead atoms. The van der Waals surface area contributed by atoms with Gasteiger partial charge in [-0.3, -0.25) is 0 Å². The minimum atomic E-state index is -0.980. The molecule has 0 aromatic heterocycles. The fourth-order valence-corrected chi connectivity index (χ4v) is 2.36. The second-order valence-corrected chi connectivity index (χ2v) is 5.44. The van der Waals surface area contributed by atoms with Crippen molar-refractivity contribution in [1.82, 2.24) is 10.6 Å². The summed E-state index contributed by atoms with van der Waals surface area (Å²) in [6.07, 6.45) is 5.34. The van der Waals surface area contributed by atoms with Crippen LogP contribution < -0.4 is 10.6 Å². The van der Waals surface area contributed by atoms with Crippen molar-refractivity contribution in [2.45, 2.75) is 57.0 Å². The van der Waals surface area contributed by atoms with Crippen LogP contribution in [-0.4, -0.2) is 28.7 Å². The summed E-state index contributed by atoms with van der Waals surface area (Å²) in [5.74, 6) is -0.185. The Balaban J connectivity index is 1.76. The SMILES string of the molecule is CC1CCC(NC(=O)NC2(C(=O)O)CC2)CC1. The molecule has 2 fully saturated rings. The lowest BCUT2D eigenvalue weighted by Crippen LogP contribution is -2.51. The molecule has 5 heteroatoms. The molecular weight excluding hydrogens is 220 g/mol. The van der Waals surface area contributed by atoms with E-state index in [2.05, 4.69) is 17.6 Å². The first kappa shape index (κ1) is 12.2. The minimum Gasteiger partial charge on any atom is -0.480 e. The van der Waals surface area contributed by atoms with Crippen LogP contribution in [0.5, 0.6) is 0 Å². The second kappa shape index (κ2) is 4.55. The lowest BCUT2D eigenvalue weighted by Gasteiger charge is -2.27. The number of carboxylic acid groups (broad SMARTS) is 1. The first-order valence-corrected chi connectivity index (χ1v) is 6.34. The third-order valence-corrected chi connectivity index (χ3v) is 3.86. The summed E-state index contributed by atoms with van der Waals surface area (Å²) in [5, 5.41) is 14.4. The maximum Gasteiger partial charge on any atom is 0.329 e. The molecule has 2 amide bonds. The van der Waals surface area contributed by atoms with Gasteiger partial charge in [0.15, 0.2) is 0 Å². The van der Waals surface area contributed by atoms with Gasteiger partial charge in [0.05, 0.1) is 0 Å². The Hall–Kier alpha value is -1.26. The molecule has 0 atom stereocenters. The fraction of sp³-hybridized carbons (Fsp3) is 0.833. The highest BCUT2D eigenvalue weighted by molar-refractivity contribution is 5.88. The molecule has 0 aromatic rings. The predicted octanol–water partition coefficient (Wildman–Crippen LogP) is 1.48. The van der Waals surface area contributed by atoms with Crippen molar-refractivity contribution < 1.29 is 14.7 Å². The van der Waals surface area contributed by atoms with E-state index in [1.54, 1.807) is 0 Å². The van der Waals surface area contributed by atoms with Crippen LogP contribution in [-0.2, 0) is 4.79 Å². The van der Waals surface area contributed by atoms with E-state index < -0.39 is 11.5 Å². The largest absolute Gasteiger partial charge is 0.480 e. The van der Waals surface area contributed by atoms with Crippen LogP contribution >= 0.6 is 0 Å². The zero-order valence-corrected chi connectivity index (χ0v) is 10.2. The summed E-state index contributed by atoms with van der Waals surface area (Å²) in [4.78, 5) is 22.6. The molecule has 0 spiro atoms. The Labute approximate surface area is 101 Å². The van der Waals surface area contributed by atoms with Crippen molar-refractivity contribution in [3.8, 4) is 0 Å². The molecule has 2 aliphatic rings. The number of hydrogen-bond acceptors (Lipinski definition) is 2. The summed E-state index contributed by atoms with van der Waals surface area (Å²) < 4.78 is 0. The molecule has 2 aliphatic carbocycles. The van der Waals surface area contributed by atoms with Crippen molar-refractivity contribution in [3.63, 3.8) is 0 Å². The van der Waals surface area contributed by atoms with Gasteiger partial charge in [-0.1, -0.05) is 6.92 Å². The number of urea groups is 1. The maximum atomic E-state index is 11.7. The quantitative estimate of drug-likeness (QED) is 0.699. The summed E-state index contributed by atoms with van der Waals surface area (Å²) in [5.41, 5.74) is -0.980. The van der Waals surface area contributed by atoms with Crippen LogP contribution in [0.2, 0.25) is 0 Å². The number of hydrogen-bond donors (Lipinski definition) is 3. The summed E-state index contributed by atoms with van der Waals surface area (Å²) in [6, 6.07) is -0.125. The van der Waals surface area contributed by atoms with Crippen molar-refractivity contribution in [1.29, 1.82) is 0 Å². The number of carboxylic acids is 1. The van der Waals surface area contributed by atoms with Gasteiger partial charge in [0.1, 0.15) is 5.54 Å². The lowest BCUT2D eigenvalue weighted by atomic mass is 9.87. The van der Waals surface area contributed by atoms with Crippen LogP contribution in [0, 0.1) is 5.92 Å². The first-order valence-electron chi connectivity index (χ1n) is 6.34. The van der Waals surface area contributed by atoms with E-state index in [0.29, 0.717) is 12.8 Å². The van der Waals surface area contributed by atoms with E-state index in [1.807, 2.05) is 0 Å². The highest BCUT2D eigenvalue weighted by Crippen LogP contribution is 2.35. The van der Waals surface area contributed by atoms with Crippen molar-refractivity contribution in [2.24, 2.45) is 5.92 Å². The number of aliphatic carboxylic acids is 1. The normalized spacial score (nSPS) is 30.4. The smallest absolute Gasteiger partial charge is 0.329 e. The molecule has 0 aliphatic heterocycles. The average molecular weight is 240 g/mol. The third kappa shape index (κ3) is 2.90. The predicted molar refractivity (Wildman–Crippen MR) is 62.7 cm³/mol. The van der Waals surface area contributed by atoms with Gasteiger partial charge in [-0.25, -0.2) is 9.59 Å². The summed E-state index contributed by atoms with van der Waals surface area (Å²) in [6.45, 7) is 2.22. The topological polar surface area (TPSA) is 78.4 Å². The number of rotatable bonds is 3. The average Bonchev–Trinajstić information content (AvgIpc) is 3.02. The Morgan fingerprint density at radius 2 is 1.76 bits per heavy atom. The van der Waals surface area contributed by atoms with E-state index in [0.717, 1.165) is 31.6 Å². The third-order valence-electron chi connectivity index (χ3n) is 3.86. The maximum absolute atomic E-state index is 11.7. The first-order chi connectivity index (χ1) is 8.02. The molecule has 0 heterocycles. The lowest BCUT2D eigenvalue weighted by molar-refractivity contribution is -0.140. The Kier molecular flexibility index (Phi) is 3.26. The fourth-order valence-electron chi connectivity index (χ4n) is 2.36. The van der Waals surface area contributed by atoms with E-state index in [4.69, 9.17) is 5.11 Å². The van der Waals surface area contributed by atoms with Gasteiger partial charge in [-0.05, 0) is 44.4 Å². The molecule has 2 saturated carbocycles. The molecular formula is C12H20N2O3. The highest BCUT2D eigenvalue weighted by Gasteiger charge is 2.51. The van der Waals surface area contributed by atoms with Crippen LogP contribution in [0.4, 0.5) is 4.79 Å². The number of amides is 2. The molecule has 96 valence electrons. The molecule has 2 rings (SSSR count). The highest BCUT2D eigenvalue weighted by atomic mass is 16.4. The summed E-state index contributed by atoms with van der Waals surface area (Å²) >= 11 is 0. The number of carbonyl (C=O) groups excluding carboxylic acids is 1. The zero-order valence-electron chi connectivity index (χ0n) is 10.2. The van der Waals surface area contributed by atoms with Crippen molar-refractivity contribution in [3.05, 3.63) is 0 Å². The molecule has 0 radical (unpaired) electrons. The van der Waals surface area contributed by atoms with Gasteiger partial charge in [0, 0.05) is 6.04 Å². The van der Waals surface area contributed by atoms with E-state index in [-0.39, 0.29) is 12.1 Å². The summed E-state index contributed by atoms with van der Waals surface area (Å²) in [7, 11) is 0. The van der Waals surface area contributed by atoms with Crippen LogP contribution in [0.15, 0.2) is 0 Å². The van der Waals surface area contributed by atoms with Crippen LogP contribution in [0.25, 0.3) is 0 Å². The van der Waals surface area contributed by atoms with Gasteiger partial charge in [-0.2, -0.15) is 0 Å². The van der Waals surface area contributed by atoms with Gasteiger partial charge >= 0.3 is 12.0 Å². The number of nitrogens with one attached hydrogen (secondary N) is 2. The van der Waals surface area contributed by atoms with Gasteiger partial charge in [0.2, 0.25) is 0 Å². The van der Waals surface area contributed by atoms with Gasteiger partial charge in [-0.15, -0.1) is 0 Å². The van der Waals surface area contributed by atoms with Crippen molar-refractivity contribution >= 4 is 12.0 Å². The molecule has 17 heavy (non-hydrogen) atoms. The van der Waals surface area contributed by atoms with E-state index in [9.17, 15) is 9.59 Å². The van der Waals surface area contributed by atoms with E-state index in [1.165, 1.54) is 0 Å². The Bertz CT molecular complexity index is 318. The molecule has 0 saturated heterocycles. The zero-order chi connectivity index (χ0) is 12.5. The Morgan fingerprint density at radius 3 is 2.24 bits per heavy atom. The van der Waals surface area contributed by atoms with E-state index >= 15 is 0 Å². The second-order valence-electron chi connectivity index (χ2n) is 5.44. The minimum absolute atomic E-state index is 0.204. The van der Waals surface area contributed by atoms with Gasteiger partial charge in [0.25, 0.3) is 0 Å².